The van der Waals surface area contributed by atoms with E-state index >= 15 is 0 Å². The minimum absolute atomic E-state index is 0. The van der Waals surface area contributed by atoms with E-state index in [0.29, 0.717) is 11.1 Å². The van der Waals surface area contributed by atoms with E-state index in [-0.39, 0.29) is 30.8 Å². The Hall–Kier alpha value is -3.48. The van der Waals surface area contributed by atoms with Crippen molar-refractivity contribution < 1.29 is 17.7 Å². The van der Waals surface area contributed by atoms with E-state index in [2.05, 4.69) is 0 Å². The van der Waals surface area contributed by atoms with Crippen LogP contribution >= 0.6 is 25.9 Å². The van der Waals surface area contributed by atoms with Crippen molar-refractivity contribution in [3.05, 3.63) is 102 Å². The second-order valence-corrected chi connectivity index (χ2v) is 8.86. The average molecular weight is 543 g/mol. The zero-order valence-electron chi connectivity index (χ0n) is 19.7. The predicted octanol–water partition coefficient (Wildman–Crippen LogP) is 6.40. The van der Waals surface area contributed by atoms with Crippen LogP contribution in [0.3, 0.4) is 0 Å². The van der Waals surface area contributed by atoms with Crippen LogP contribution < -0.4 is 9.64 Å². The molecule has 4 aromatic carbocycles. The molecular weight excluding hydrogens is 516 g/mol. The highest BCUT2D eigenvalue weighted by atomic mass is 35.5. The molecule has 0 aliphatic rings. The minimum Gasteiger partial charge on any atom is -0.387 e. The Morgan fingerprint density at radius 3 is 2.08 bits per heavy atom. The fourth-order valence-corrected chi connectivity index (χ4v) is 4.10. The molecule has 0 aromatic heterocycles. The first kappa shape index (κ1) is 30.6. The Bertz CT molecular complexity index is 1450. The molecule has 0 atom stereocenters. The van der Waals surface area contributed by atoms with Gasteiger partial charge in [-0.2, -0.15) is 21.9 Å². The van der Waals surface area contributed by atoms with Gasteiger partial charge in [0, 0.05) is 36.1 Å². The number of benzene rings is 4. The first-order valence-corrected chi connectivity index (χ1v) is 11.8. The summed E-state index contributed by atoms with van der Waals surface area (Å²) in [4.78, 5) is 1.84. The van der Waals surface area contributed by atoms with Crippen LogP contribution in [0.4, 0.5) is 5.69 Å². The smallest absolute Gasteiger partial charge is 0.295 e. The van der Waals surface area contributed by atoms with Crippen LogP contribution in [0.5, 0.6) is 5.75 Å². The lowest BCUT2D eigenvalue weighted by molar-refractivity contribution is 0.484. The molecule has 9 heteroatoms. The number of hydrogen-bond donors (Lipinski definition) is 1. The fraction of sp³-hybridized carbons (Fsp3) is 0.0741. The van der Waals surface area contributed by atoms with Crippen LogP contribution in [-0.2, 0) is 10.1 Å². The van der Waals surface area contributed by atoms with Crippen LogP contribution in [0.25, 0.3) is 22.9 Å². The van der Waals surface area contributed by atoms with Gasteiger partial charge in [0.1, 0.15) is 10.6 Å². The van der Waals surface area contributed by atoms with Crippen LogP contribution in [-0.4, -0.2) is 27.1 Å². The van der Waals surface area contributed by atoms with E-state index in [1.54, 1.807) is 30.5 Å². The summed E-state index contributed by atoms with van der Waals surface area (Å²) in [6.45, 7) is 0. The fourth-order valence-electron chi connectivity index (χ4n) is 3.39. The molecule has 0 aliphatic carbocycles. The Kier molecular flexibility index (Phi) is 12.0. The third kappa shape index (κ3) is 8.04. The third-order valence-electron chi connectivity index (χ3n) is 4.95. The maximum Gasteiger partial charge on any atom is 0.295 e. The summed E-state index contributed by atoms with van der Waals surface area (Å²) < 4.78 is 36.6. The van der Waals surface area contributed by atoms with Crippen molar-refractivity contribution >= 4 is 64.6 Å². The van der Waals surface area contributed by atoms with Crippen LogP contribution in [0.1, 0.15) is 11.1 Å². The molecule has 0 fully saturated rings. The molecule has 4 aromatic rings. The topological polar surface area (TPSA) is 90.6 Å². The molecule has 0 heterocycles. The molecular formula is C27H27ClN2O4S2. The van der Waals surface area contributed by atoms with E-state index in [4.69, 9.17) is 10.00 Å². The van der Waals surface area contributed by atoms with E-state index in [1.165, 1.54) is 6.07 Å². The monoisotopic (exact) mass is 542 g/mol. The maximum atomic E-state index is 11.3. The van der Waals surface area contributed by atoms with Gasteiger partial charge in [0.15, 0.2) is 0 Å². The first-order valence-electron chi connectivity index (χ1n) is 10.4. The number of ether oxygens (including phenoxy) is 1. The zero-order chi connectivity index (χ0) is 24.6. The van der Waals surface area contributed by atoms with Crippen molar-refractivity contribution in [1.82, 2.24) is 0 Å². The molecule has 4 rings (SSSR count). The molecule has 0 saturated carbocycles. The van der Waals surface area contributed by atoms with Crippen molar-refractivity contribution in [2.24, 2.45) is 0 Å². The Labute approximate surface area is 225 Å². The second kappa shape index (κ2) is 14.2. The number of halogens is 1. The van der Waals surface area contributed by atoms with Gasteiger partial charge in [-0.05, 0) is 23.8 Å². The quantitative estimate of drug-likeness (QED) is 0.178. The van der Waals surface area contributed by atoms with Crippen LogP contribution in [0, 0.1) is 11.5 Å². The molecule has 0 bridgehead atoms. The van der Waals surface area contributed by atoms with Gasteiger partial charge in [-0.3, -0.25) is 4.55 Å². The molecule has 0 radical (unpaired) electrons. The largest absolute Gasteiger partial charge is 0.387 e. The number of rotatable bonds is 5. The van der Waals surface area contributed by atoms with E-state index in [9.17, 15) is 13.0 Å². The van der Waals surface area contributed by atoms with Gasteiger partial charge in [-0.15, -0.1) is 17.7 Å². The summed E-state index contributed by atoms with van der Waals surface area (Å²) >= 11 is 0. The normalized spacial score (nSPS) is 10.3. The summed E-state index contributed by atoms with van der Waals surface area (Å²) in [7, 11) is -0.423. The summed E-state index contributed by atoms with van der Waals surface area (Å²) in [5, 5.41) is 9.86. The van der Waals surface area contributed by atoms with Gasteiger partial charge >= 0.3 is 0 Å². The van der Waals surface area contributed by atoms with Gasteiger partial charge in [-0.1, -0.05) is 84.9 Å². The Balaban J connectivity index is 0.000000341. The third-order valence-corrected chi connectivity index (χ3v) is 5.86. The Morgan fingerprint density at radius 1 is 0.833 bits per heavy atom. The molecule has 0 spiro atoms. The van der Waals surface area contributed by atoms with Crippen molar-refractivity contribution in [2.45, 2.75) is 4.90 Å². The standard InChI is InChI=1S/C15H11NO.C12H13NO3S.ClH.H2S/c16-12-17-15-9-5-4-8-14(15)11-10-13-6-2-1-3-7-13;1-13(2)11-7-3-6-10-9(11)5-4-8-12(10)17(14,15)16;;/h1-11H;3-8H,1-2H3,(H,14,15,16);1H;1H2. The number of anilines is 1. The number of para-hydroxylation sites is 1. The van der Waals surface area contributed by atoms with Crippen molar-refractivity contribution in [3.63, 3.8) is 0 Å². The lowest BCUT2D eigenvalue weighted by atomic mass is 10.1. The summed E-state index contributed by atoms with van der Waals surface area (Å²) in [6, 6.07) is 27.6. The number of nitrogens with zero attached hydrogens (tertiary/aromatic N) is 2. The SMILES string of the molecule is CN(C)c1cccc2c(S(=O)(=O)O)cccc12.Cl.N#COc1ccccc1C=Cc1ccccc1.S. The van der Waals surface area contributed by atoms with Crippen LogP contribution in [0.2, 0.25) is 0 Å². The maximum absolute atomic E-state index is 11.3. The lowest BCUT2D eigenvalue weighted by Gasteiger charge is -2.16. The predicted molar refractivity (Wildman–Crippen MR) is 154 cm³/mol. The van der Waals surface area contributed by atoms with Gasteiger partial charge in [0.2, 0.25) is 0 Å². The highest BCUT2D eigenvalue weighted by molar-refractivity contribution is 7.86. The number of hydrogen-bond acceptors (Lipinski definition) is 5. The van der Waals surface area contributed by atoms with E-state index < -0.39 is 10.1 Å². The highest BCUT2D eigenvalue weighted by Gasteiger charge is 2.15. The molecule has 1 N–H and O–H groups in total. The van der Waals surface area contributed by atoms with E-state index in [0.717, 1.165) is 22.2 Å². The molecule has 0 saturated heterocycles. The summed E-state index contributed by atoms with van der Waals surface area (Å²) in [5.74, 6) is 0.571. The summed E-state index contributed by atoms with van der Waals surface area (Å²) in [5.41, 5.74) is 2.91. The van der Waals surface area contributed by atoms with Crippen LogP contribution in [0.15, 0.2) is 95.9 Å². The minimum atomic E-state index is -4.19. The molecule has 0 unspecified atom stereocenters. The van der Waals surface area contributed by atoms with Gasteiger partial charge in [0.25, 0.3) is 16.4 Å². The van der Waals surface area contributed by atoms with Gasteiger partial charge < -0.3 is 9.64 Å². The zero-order valence-corrected chi connectivity index (χ0v) is 22.3. The van der Waals surface area contributed by atoms with Crippen molar-refractivity contribution in [1.29, 1.82) is 5.26 Å². The van der Waals surface area contributed by atoms with E-state index in [1.807, 2.05) is 91.8 Å². The molecule has 0 amide bonds. The first-order chi connectivity index (χ1) is 16.3. The average Bonchev–Trinajstić information content (AvgIpc) is 2.83. The molecule has 188 valence electrons. The lowest BCUT2D eigenvalue weighted by Crippen LogP contribution is -2.09. The number of nitriles is 1. The highest BCUT2D eigenvalue weighted by Crippen LogP contribution is 2.29. The molecule has 0 aliphatic heterocycles. The van der Waals surface area contributed by atoms with Gasteiger partial charge in [0.05, 0.1) is 0 Å². The molecule has 6 nitrogen and oxygen atoms in total. The molecule has 36 heavy (non-hydrogen) atoms. The summed E-state index contributed by atoms with van der Waals surface area (Å²) in [6.07, 6.45) is 5.61. The van der Waals surface area contributed by atoms with Gasteiger partial charge in [-0.25, -0.2) is 0 Å². The number of fused-ring (bicyclic) bond motifs is 1. The Morgan fingerprint density at radius 2 is 1.44 bits per heavy atom. The van der Waals surface area contributed by atoms with Crippen molar-refractivity contribution in [2.75, 3.05) is 19.0 Å². The second-order valence-electron chi connectivity index (χ2n) is 7.47. The van der Waals surface area contributed by atoms with Crippen molar-refractivity contribution in [3.8, 4) is 12.0 Å².